The smallest absolute Gasteiger partial charge is 0.257 e. The number of aromatic hydroxyl groups is 1. The monoisotopic (exact) mass is 609 g/mol. The molecule has 0 radical (unpaired) electrons. The second-order valence-electron chi connectivity index (χ2n) is 12.4. The van der Waals surface area contributed by atoms with Gasteiger partial charge >= 0.3 is 0 Å². The molecule has 0 fully saturated rings. The number of aromatic nitrogens is 3. The van der Waals surface area contributed by atoms with Crippen molar-refractivity contribution in [1.29, 1.82) is 0 Å². The summed E-state index contributed by atoms with van der Waals surface area (Å²) < 4.78 is 1.87. The molecule has 230 valence electrons. The lowest BCUT2D eigenvalue weighted by Crippen LogP contribution is -2.44. The first-order valence-electron chi connectivity index (χ1n) is 15.1. The van der Waals surface area contributed by atoms with E-state index in [1.165, 1.54) is 17.7 Å². The van der Waals surface area contributed by atoms with Crippen molar-refractivity contribution in [3.63, 3.8) is 0 Å². The summed E-state index contributed by atoms with van der Waals surface area (Å²) in [7, 11) is 0. The van der Waals surface area contributed by atoms with Crippen LogP contribution in [0.3, 0.4) is 0 Å². The van der Waals surface area contributed by atoms with Gasteiger partial charge in [0.2, 0.25) is 5.91 Å². The van der Waals surface area contributed by atoms with Crippen LogP contribution in [-0.4, -0.2) is 37.7 Å². The Hall–Kier alpha value is -5.60. The lowest BCUT2D eigenvalue weighted by atomic mass is 9.87. The molecule has 0 saturated carbocycles. The largest absolute Gasteiger partial charge is 0.508 e. The van der Waals surface area contributed by atoms with Gasteiger partial charge in [-0.2, -0.15) is 5.10 Å². The maximum Gasteiger partial charge on any atom is 0.257 e. The molecule has 0 aliphatic heterocycles. The number of phenolic OH excluding ortho intramolecular Hbond substituents is 1. The molecule has 0 aliphatic carbocycles. The molecule has 46 heavy (non-hydrogen) atoms. The Morgan fingerprint density at radius 1 is 0.870 bits per heavy atom. The van der Waals surface area contributed by atoms with E-state index in [9.17, 15) is 14.7 Å². The van der Waals surface area contributed by atoms with E-state index in [0.29, 0.717) is 5.56 Å². The number of carbonyl (C=O) groups is 2. The van der Waals surface area contributed by atoms with Crippen LogP contribution in [0.4, 0.5) is 0 Å². The van der Waals surface area contributed by atoms with Gasteiger partial charge in [-0.1, -0.05) is 75.4 Å². The highest BCUT2D eigenvalue weighted by Gasteiger charge is 2.20. The van der Waals surface area contributed by atoms with Crippen LogP contribution in [0.15, 0.2) is 115 Å². The summed E-state index contributed by atoms with van der Waals surface area (Å²) in [5.74, 6) is -1.01. The number of phenols is 1. The lowest BCUT2D eigenvalue weighted by molar-refractivity contribution is -0.121. The number of nitrogens with zero attached hydrogens (tertiary/aromatic N) is 3. The van der Waals surface area contributed by atoms with Crippen LogP contribution < -0.4 is 11.1 Å². The standard InChI is InChI=1S/C38H35N5O3/c1-38(2,3)29-13-15-30(16-14-29)43-35(22-34(42-43)28-20-25-7-4-5-10-33(25)40-23-28)26-8-6-9-27(21-26)36(45)41-37(46)32(39)19-24-11-17-31(44)18-12-24/h4-18,20-23,32,44H,19,39H2,1-3H3,(H,41,45,46)/t32-/m0/s1. The van der Waals surface area contributed by atoms with Crippen LogP contribution >= 0.6 is 0 Å². The van der Waals surface area contributed by atoms with Crippen molar-refractivity contribution in [1.82, 2.24) is 20.1 Å². The highest BCUT2D eigenvalue weighted by molar-refractivity contribution is 6.06. The molecule has 0 bridgehead atoms. The zero-order valence-electron chi connectivity index (χ0n) is 25.9. The molecule has 6 aromatic rings. The lowest BCUT2D eigenvalue weighted by Gasteiger charge is -2.19. The van der Waals surface area contributed by atoms with Crippen molar-refractivity contribution in [2.75, 3.05) is 0 Å². The zero-order valence-corrected chi connectivity index (χ0v) is 25.9. The van der Waals surface area contributed by atoms with Gasteiger partial charge in [-0.25, -0.2) is 4.68 Å². The van der Waals surface area contributed by atoms with Crippen molar-refractivity contribution in [2.45, 2.75) is 38.6 Å². The molecule has 8 nitrogen and oxygen atoms in total. The fourth-order valence-electron chi connectivity index (χ4n) is 5.31. The normalized spacial score (nSPS) is 12.2. The van der Waals surface area contributed by atoms with Gasteiger partial charge in [0.1, 0.15) is 5.75 Å². The molecule has 0 saturated heterocycles. The minimum Gasteiger partial charge on any atom is -0.508 e. The summed E-state index contributed by atoms with van der Waals surface area (Å²) in [6.07, 6.45) is 2.04. The number of hydrogen-bond acceptors (Lipinski definition) is 6. The van der Waals surface area contributed by atoms with E-state index in [0.717, 1.165) is 44.7 Å². The van der Waals surface area contributed by atoms with E-state index in [2.05, 4.69) is 49.3 Å². The molecule has 8 heteroatoms. The van der Waals surface area contributed by atoms with E-state index >= 15 is 0 Å². The summed E-state index contributed by atoms with van der Waals surface area (Å²) in [5.41, 5.74) is 13.3. The van der Waals surface area contributed by atoms with Crippen molar-refractivity contribution in [3.8, 4) is 34.0 Å². The van der Waals surface area contributed by atoms with Gasteiger partial charge < -0.3 is 10.8 Å². The highest BCUT2D eigenvalue weighted by atomic mass is 16.3. The number of carbonyl (C=O) groups excluding carboxylic acids is 2. The van der Waals surface area contributed by atoms with Gasteiger partial charge in [-0.05, 0) is 77.6 Å². The van der Waals surface area contributed by atoms with E-state index < -0.39 is 17.9 Å². The Morgan fingerprint density at radius 2 is 1.61 bits per heavy atom. The van der Waals surface area contributed by atoms with Gasteiger partial charge in [0, 0.05) is 28.3 Å². The molecule has 2 aromatic heterocycles. The fraction of sp³-hybridized carbons (Fsp3) is 0.158. The number of imide groups is 1. The van der Waals surface area contributed by atoms with Gasteiger partial charge in [-0.3, -0.25) is 19.9 Å². The van der Waals surface area contributed by atoms with E-state index in [4.69, 9.17) is 10.8 Å². The highest BCUT2D eigenvalue weighted by Crippen LogP contribution is 2.31. The molecule has 0 aliphatic rings. The number of rotatable bonds is 7. The van der Waals surface area contributed by atoms with Crippen molar-refractivity contribution in [3.05, 3.63) is 132 Å². The third-order valence-electron chi connectivity index (χ3n) is 7.96. The Kier molecular flexibility index (Phi) is 8.21. The van der Waals surface area contributed by atoms with Crippen molar-refractivity contribution < 1.29 is 14.7 Å². The summed E-state index contributed by atoms with van der Waals surface area (Å²) in [5, 5.41) is 18.0. The molecule has 2 heterocycles. The van der Waals surface area contributed by atoms with Crippen LogP contribution in [0, 0.1) is 0 Å². The first-order chi connectivity index (χ1) is 22.0. The summed E-state index contributed by atoms with van der Waals surface area (Å²) >= 11 is 0. The van der Waals surface area contributed by atoms with Crippen LogP contribution in [0.2, 0.25) is 0 Å². The van der Waals surface area contributed by atoms with E-state index in [-0.39, 0.29) is 17.6 Å². The number of para-hydroxylation sites is 1. The third-order valence-corrected chi connectivity index (χ3v) is 7.96. The van der Waals surface area contributed by atoms with Crippen LogP contribution in [0.25, 0.3) is 39.1 Å². The first kappa shape index (κ1) is 30.4. The average Bonchev–Trinajstić information content (AvgIpc) is 3.51. The molecule has 0 spiro atoms. The van der Waals surface area contributed by atoms with Crippen LogP contribution in [0.1, 0.15) is 42.3 Å². The van der Waals surface area contributed by atoms with E-state index in [1.54, 1.807) is 30.3 Å². The quantitative estimate of drug-likeness (QED) is 0.188. The minimum atomic E-state index is -0.938. The molecule has 2 amide bonds. The fourth-order valence-corrected chi connectivity index (χ4v) is 5.31. The number of amides is 2. The number of nitrogens with two attached hydrogens (primary N) is 1. The Morgan fingerprint density at radius 3 is 2.35 bits per heavy atom. The molecule has 1 atom stereocenters. The van der Waals surface area contributed by atoms with E-state index in [1.807, 2.05) is 59.4 Å². The van der Waals surface area contributed by atoms with Gasteiger partial charge in [-0.15, -0.1) is 0 Å². The Balaban J connectivity index is 1.32. The second kappa shape index (κ2) is 12.4. The number of benzene rings is 4. The molecule has 4 N–H and O–H groups in total. The zero-order chi connectivity index (χ0) is 32.4. The van der Waals surface area contributed by atoms with Gasteiger partial charge in [0.15, 0.2) is 0 Å². The maximum atomic E-state index is 13.2. The summed E-state index contributed by atoms with van der Waals surface area (Å²) in [4.78, 5) is 30.7. The Labute approximate surface area is 267 Å². The number of fused-ring (bicyclic) bond motifs is 1. The molecule has 6 rings (SSSR count). The third kappa shape index (κ3) is 6.57. The number of hydrogen-bond donors (Lipinski definition) is 3. The number of nitrogens with one attached hydrogen (secondary N) is 1. The molecular weight excluding hydrogens is 574 g/mol. The number of pyridine rings is 1. The predicted octanol–water partition coefficient (Wildman–Crippen LogP) is 6.58. The first-order valence-corrected chi connectivity index (χ1v) is 15.1. The average molecular weight is 610 g/mol. The second-order valence-corrected chi connectivity index (χ2v) is 12.4. The van der Waals surface area contributed by atoms with Crippen molar-refractivity contribution in [2.24, 2.45) is 5.73 Å². The molecular formula is C38H35N5O3. The maximum absolute atomic E-state index is 13.2. The van der Waals surface area contributed by atoms with Crippen molar-refractivity contribution >= 4 is 22.7 Å². The minimum absolute atomic E-state index is 0.000871. The summed E-state index contributed by atoms with van der Waals surface area (Å²) in [6.45, 7) is 6.52. The van der Waals surface area contributed by atoms with Crippen LogP contribution in [-0.2, 0) is 16.6 Å². The topological polar surface area (TPSA) is 123 Å². The molecule has 0 unspecified atom stereocenters. The van der Waals surface area contributed by atoms with Gasteiger partial charge in [0.05, 0.1) is 28.6 Å². The molecule has 4 aromatic carbocycles. The predicted molar refractivity (Wildman–Crippen MR) is 181 cm³/mol. The summed E-state index contributed by atoms with van der Waals surface area (Å²) in [6, 6.07) is 32.9. The van der Waals surface area contributed by atoms with Gasteiger partial charge in [0.25, 0.3) is 5.91 Å². The van der Waals surface area contributed by atoms with Crippen LogP contribution in [0.5, 0.6) is 5.75 Å². The Bertz CT molecular complexity index is 2040. The SMILES string of the molecule is CC(C)(C)c1ccc(-n2nc(-c3cnc4ccccc4c3)cc2-c2cccc(C(=O)NC(=O)[C@@H](N)Cc3ccc(O)cc3)c2)cc1.